The van der Waals surface area contributed by atoms with Crippen molar-refractivity contribution in [3.63, 3.8) is 0 Å². The number of carbonyl (C=O) groups excluding carboxylic acids is 1. The summed E-state index contributed by atoms with van der Waals surface area (Å²) in [5, 5.41) is 4.51. The first kappa shape index (κ1) is 22.6. The van der Waals surface area contributed by atoms with Crippen LogP contribution in [0.4, 0.5) is 13.2 Å². The summed E-state index contributed by atoms with van der Waals surface area (Å²) >= 11 is 9.32. The first-order chi connectivity index (χ1) is 14.7. The van der Waals surface area contributed by atoms with Crippen LogP contribution in [0.5, 0.6) is 0 Å². The fraction of sp³-hybridized carbons (Fsp3) is 0.524. The SMILES string of the molecule is O=C(CCn1nc(C(F)(F)F)c(Br)c1C1CC1)N1CCN(Cc2ccccc2Cl)CC1. The van der Waals surface area contributed by atoms with Crippen molar-refractivity contribution in [2.24, 2.45) is 0 Å². The van der Waals surface area contributed by atoms with E-state index in [1.165, 1.54) is 4.68 Å². The first-order valence-corrected chi connectivity index (χ1v) is 11.5. The van der Waals surface area contributed by atoms with Gasteiger partial charge in [-0.1, -0.05) is 29.8 Å². The summed E-state index contributed by atoms with van der Waals surface area (Å²) in [6.45, 7) is 3.53. The second-order valence-corrected chi connectivity index (χ2v) is 9.24. The lowest BCUT2D eigenvalue weighted by atomic mass is 10.2. The number of nitrogens with zero attached hydrogens (tertiary/aromatic N) is 4. The van der Waals surface area contributed by atoms with Crippen molar-refractivity contribution < 1.29 is 18.0 Å². The van der Waals surface area contributed by atoms with E-state index in [2.05, 4.69) is 25.9 Å². The number of carbonyl (C=O) groups is 1. The summed E-state index contributed by atoms with van der Waals surface area (Å²) in [5.74, 6) is 0.0285. The van der Waals surface area contributed by atoms with E-state index in [0.29, 0.717) is 18.8 Å². The van der Waals surface area contributed by atoms with Gasteiger partial charge in [0, 0.05) is 50.1 Å². The molecule has 10 heteroatoms. The van der Waals surface area contributed by atoms with Crippen molar-refractivity contribution in [3.8, 4) is 0 Å². The Balaban J connectivity index is 1.33. The Hall–Kier alpha value is -1.58. The minimum atomic E-state index is -4.52. The molecule has 31 heavy (non-hydrogen) atoms. The Kier molecular flexibility index (Phi) is 6.65. The number of aryl methyl sites for hydroxylation is 1. The van der Waals surface area contributed by atoms with Gasteiger partial charge in [-0.25, -0.2) is 0 Å². The summed E-state index contributed by atoms with van der Waals surface area (Å²) < 4.78 is 41.1. The number of rotatable bonds is 6. The average molecular weight is 520 g/mol. The van der Waals surface area contributed by atoms with Crippen LogP contribution in [-0.2, 0) is 24.1 Å². The van der Waals surface area contributed by atoms with E-state index < -0.39 is 11.9 Å². The Morgan fingerprint density at radius 2 is 1.84 bits per heavy atom. The van der Waals surface area contributed by atoms with Gasteiger partial charge in [0.2, 0.25) is 5.91 Å². The van der Waals surface area contributed by atoms with Crippen molar-refractivity contribution in [2.45, 2.75) is 44.4 Å². The molecule has 168 valence electrons. The number of hydrogen-bond donors (Lipinski definition) is 0. The van der Waals surface area contributed by atoms with Crippen molar-refractivity contribution in [1.82, 2.24) is 19.6 Å². The number of aromatic nitrogens is 2. The van der Waals surface area contributed by atoms with Gasteiger partial charge in [-0.2, -0.15) is 18.3 Å². The normalized spacial score (nSPS) is 17.9. The monoisotopic (exact) mass is 518 g/mol. The van der Waals surface area contributed by atoms with E-state index in [-0.39, 0.29) is 29.3 Å². The molecule has 2 fully saturated rings. The summed E-state index contributed by atoms with van der Waals surface area (Å²) in [7, 11) is 0. The zero-order valence-electron chi connectivity index (χ0n) is 16.8. The first-order valence-electron chi connectivity index (χ1n) is 10.3. The van der Waals surface area contributed by atoms with Crippen molar-refractivity contribution in [2.75, 3.05) is 26.2 Å². The van der Waals surface area contributed by atoms with Crippen LogP contribution in [0.2, 0.25) is 5.02 Å². The minimum Gasteiger partial charge on any atom is -0.340 e. The highest BCUT2D eigenvalue weighted by atomic mass is 79.9. The molecule has 1 saturated heterocycles. The summed E-state index contributed by atoms with van der Waals surface area (Å²) in [6.07, 6.45) is -2.68. The van der Waals surface area contributed by atoms with Gasteiger partial charge in [-0.05, 0) is 40.4 Å². The minimum absolute atomic E-state index is 0.0168. The topological polar surface area (TPSA) is 41.4 Å². The fourth-order valence-electron chi connectivity index (χ4n) is 3.93. The van der Waals surface area contributed by atoms with Crippen LogP contribution >= 0.6 is 27.5 Å². The van der Waals surface area contributed by atoms with Crippen LogP contribution < -0.4 is 0 Å². The molecule has 1 aliphatic carbocycles. The molecule has 1 saturated carbocycles. The van der Waals surface area contributed by atoms with E-state index in [4.69, 9.17) is 11.6 Å². The van der Waals surface area contributed by atoms with Crippen molar-refractivity contribution >= 4 is 33.4 Å². The molecule has 4 rings (SSSR count). The lowest BCUT2D eigenvalue weighted by Crippen LogP contribution is -2.48. The van der Waals surface area contributed by atoms with Crippen LogP contribution in [0, 0.1) is 0 Å². The third kappa shape index (κ3) is 5.26. The molecular weight excluding hydrogens is 497 g/mol. The molecule has 2 aliphatic rings. The van der Waals surface area contributed by atoms with Crippen molar-refractivity contribution in [3.05, 3.63) is 50.7 Å². The number of benzene rings is 1. The van der Waals surface area contributed by atoms with E-state index in [9.17, 15) is 18.0 Å². The second-order valence-electron chi connectivity index (χ2n) is 8.04. The van der Waals surface area contributed by atoms with Gasteiger partial charge >= 0.3 is 6.18 Å². The van der Waals surface area contributed by atoms with Gasteiger partial charge < -0.3 is 4.90 Å². The largest absolute Gasteiger partial charge is 0.436 e. The number of amides is 1. The number of alkyl halides is 3. The highest BCUT2D eigenvalue weighted by molar-refractivity contribution is 9.10. The molecule has 0 unspecified atom stereocenters. The second kappa shape index (κ2) is 9.11. The molecule has 0 bridgehead atoms. The summed E-state index contributed by atoms with van der Waals surface area (Å²) in [5.41, 5.74) is 0.709. The van der Waals surface area contributed by atoms with Crippen LogP contribution in [-0.4, -0.2) is 51.7 Å². The molecule has 0 spiro atoms. The van der Waals surface area contributed by atoms with Crippen LogP contribution in [0.1, 0.15) is 42.1 Å². The lowest BCUT2D eigenvalue weighted by Gasteiger charge is -2.35. The molecule has 2 aromatic rings. The zero-order valence-corrected chi connectivity index (χ0v) is 19.2. The smallest absolute Gasteiger partial charge is 0.340 e. The average Bonchev–Trinajstić information content (AvgIpc) is 3.50. The molecule has 2 heterocycles. The Bertz CT molecular complexity index is 953. The predicted molar refractivity (Wildman–Crippen MR) is 115 cm³/mol. The highest BCUT2D eigenvalue weighted by Crippen LogP contribution is 2.47. The van der Waals surface area contributed by atoms with Crippen LogP contribution in [0.3, 0.4) is 0 Å². The van der Waals surface area contributed by atoms with Gasteiger partial charge in [0.1, 0.15) is 0 Å². The molecule has 0 N–H and O–H groups in total. The van der Waals surface area contributed by atoms with Crippen LogP contribution in [0.15, 0.2) is 28.7 Å². The maximum absolute atomic E-state index is 13.2. The maximum atomic E-state index is 13.2. The third-order valence-corrected chi connectivity index (χ3v) is 6.93. The van der Waals surface area contributed by atoms with Gasteiger partial charge in [0.05, 0.1) is 16.7 Å². The molecule has 1 aromatic carbocycles. The zero-order chi connectivity index (χ0) is 22.2. The van der Waals surface area contributed by atoms with Gasteiger partial charge in [0.25, 0.3) is 0 Å². The van der Waals surface area contributed by atoms with Gasteiger partial charge in [-0.3, -0.25) is 14.4 Å². The Labute approximate surface area is 192 Å². The molecule has 5 nitrogen and oxygen atoms in total. The number of piperazine rings is 1. The standard InChI is InChI=1S/C21H23BrClF3N4O/c22-18-19(14-5-6-14)30(27-20(18)21(24,25)26)8-7-17(31)29-11-9-28(10-12-29)13-15-3-1-2-4-16(15)23/h1-4,14H,5-13H2. The van der Waals surface area contributed by atoms with Crippen molar-refractivity contribution in [1.29, 1.82) is 0 Å². The highest BCUT2D eigenvalue weighted by Gasteiger charge is 2.41. The lowest BCUT2D eigenvalue weighted by molar-refractivity contribution is -0.142. The predicted octanol–water partition coefficient (Wildman–Crippen LogP) is 4.93. The van der Waals surface area contributed by atoms with Crippen LogP contribution in [0.25, 0.3) is 0 Å². The molecule has 0 atom stereocenters. The molecule has 1 aliphatic heterocycles. The van der Waals surface area contributed by atoms with E-state index in [1.54, 1.807) is 4.90 Å². The molecule has 1 aromatic heterocycles. The molecule has 1 amide bonds. The van der Waals surface area contributed by atoms with Gasteiger partial charge in [0.15, 0.2) is 5.69 Å². The van der Waals surface area contributed by atoms with E-state index in [1.807, 2.05) is 24.3 Å². The quantitative estimate of drug-likeness (QED) is 0.543. The Morgan fingerprint density at radius 3 is 2.45 bits per heavy atom. The molecule has 0 radical (unpaired) electrons. The Morgan fingerprint density at radius 1 is 1.16 bits per heavy atom. The van der Waals surface area contributed by atoms with Gasteiger partial charge in [-0.15, -0.1) is 0 Å². The van der Waals surface area contributed by atoms with E-state index in [0.717, 1.165) is 43.1 Å². The third-order valence-electron chi connectivity index (χ3n) is 5.78. The van der Waals surface area contributed by atoms with E-state index >= 15 is 0 Å². The molecular formula is C21H23BrClF3N4O. The summed E-state index contributed by atoms with van der Waals surface area (Å²) in [6, 6.07) is 7.71. The number of hydrogen-bond acceptors (Lipinski definition) is 3. The maximum Gasteiger partial charge on any atom is 0.436 e. The number of halogens is 5. The fourth-order valence-corrected chi connectivity index (χ4v) is 4.96. The summed E-state index contributed by atoms with van der Waals surface area (Å²) in [4.78, 5) is 16.7.